The number of nitrogens with two attached hydrogens (primary N) is 3. The molecule has 60 heavy (non-hydrogen) atoms. The molecule has 5 rings (SSSR count). The second-order valence-corrected chi connectivity index (χ2v) is 16.4. The minimum atomic E-state index is 0.165. The van der Waals surface area contributed by atoms with Crippen molar-refractivity contribution in [2.24, 2.45) is 17.2 Å². The number of halogens is 4. The summed E-state index contributed by atoms with van der Waals surface area (Å²) in [7, 11) is 6.45. The summed E-state index contributed by atoms with van der Waals surface area (Å²) >= 11 is 14.9. The fraction of sp³-hybridized carbons (Fsp3) is 0.104. The van der Waals surface area contributed by atoms with Crippen molar-refractivity contribution >= 4 is 91.7 Å². The highest BCUT2D eigenvalue weighted by Crippen LogP contribution is 2.40. The number of methoxy groups -OCH3 is 4. The highest BCUT2D eigenvalue weighted by atomic mass is 79.9. The lowest BCUT2D eigenvalue weighted by molar-refractivity contribution is 0.392. The average Bonchev–Trinajstić information content (AvgIpc) is 3.23. The Morgan fingerprint density at radius 1 is 0.483 bits per heavy atom. The van der Waals surface area contributed by atoms with Gasteiger partial charge in [0, 0.05) is 57.3 Å². The number of rotatable bonds is 8. The highest BCUT2D eigenvalue weighted by Gasteiger charge is 2.19. The smallest absolute Gasteiger partial charge is 0.130 e. The standard InChI is InChI=1S/C48H44Br4N4O4/c1-57-39-25-11-26-40(58-2)43(39)29-13-5-21-35(53)47(45-31(49)17-9-18-32(45)50)37(55)23-7-15-30(44-41(59-3)27-12-28-42(44)60-4)16-8-24-38(56)48(36(54)22-6-14-29)46-33(51)19-10-20-34(46)52/h5-15,17-28,53H,16,54-56H2,1-4H3/b14-6?,21-5-,23-7-,24-8-,29-13?,30-15-,36-22-,47-37+,48-38+,53-35?. The molecule has 0 radical (unpaired) electrons. The Hall–Kier alpha value is -5.27. The quantitative estimate of drug-likeness (QED) is 0.138. The van der Waals surface area contributed by atoms with Crippen LogP contribution in [0.3, 0.4) is 0 Å². The molecule has 0 heterocycles. The topological polar surface area (TPSA) is 139 Å². The van der Waals surface area contributed by atoms with Gasteiger partial charge in [0.15, 0.2) is 0 Å². The fourth-order valence-electron chi connectivity index (χ4n) is 6.56. The van der Waals surface area contributed by atoms with Crippen LogP contribution in [-0.2, 0) is 0 Å². The second kappa shape index (κ2) is 21.8. The maximum Gasteiger partial charge on any atom is 0.130 e. The molecule has 8 nitrogen and oxygen atoms in total. The van der Waals surface area contributed by atoms with Crippen molar-refractivity contribution in [3.8, 4) is 23.0 Å². The van der Waals surface area contributed by atoms with Gasteiger partial charge < -0.3 is 41.6 Å². The number of hydrogen-bond acceptors (Lipinski definition) is 8. The van der Waals surface area contributed by atoms with E-state index in [-0.39, 0.29) is 5.71 Å². The van der Waals surface area contributed by atoms with Crippen molar-refractivity contribution < 1.29 is 18.9 Å². The zero-order valence-electron chi connectivity index (χ0n) is 33.4. The van der Waals surface area contributed by atoms with E-state index in [4.69, 9.17) is 36.1 Å². The summed E-state index contributed by atoms with van der Waals surface area (Å²) in [6.45, 7) is 0. The van der Waals surface area contributed by atoms with Crippen molar-refractivity contribution in [1.29, 1.82) is 5.41 Å². The first-order chi connectivity index (χ1) is 28.9. The maximum atomic E-state index is 9.42. The summed E-state index contributed by atoms with van der Waals surface area (Å²) in [6, 6.07) is 22.7. The Morgan fingerprint density at radius 2 is 0.917 bits per heavy atom. The molecule has 0 atom stereocenters. The molecule has 0 spiro atoms. The van der Waals surface area contributed by atoms with E-state index in [0.29, 0.717) is 63.2 Å². The van der Waals surface area contributed by atoms with Crippen LogP contribution in [0.2, 0.25) is 0 Å². The van der Waals surface area contributed by atoms with Gasteiger partial charge in [-0.3, -0.25) is 0 Å². The van der Waals surface area contributed by atoms with Gasteiger partial charge in [0.05, 0.1) is 45.3 Å². The van der Waals surface area contributed by atoms with E-state index >= 15 is 0 Å². The monoisotopic (exact) mass is 1060 g/mol. The highest BCUT2D eigenvalue weighted by molar-refractivity contribution is 9.11. The van der Waals surface area contributed by atoms with E-state index in [0.717, 1.165) is 45.7 Å². The molecule has 0 aliphatic heterocycles. The number of benzene rings is 4. The molecule has 0 bridgehead atoms. The fourth-order valence-corrected chi connectivity index (χ4v) is 9.35. The van der Waals surface area contributed by atoms with Crippen molar-refractivity contribution in [2.75, 3.05) is 28.4 Å². The van der Waals surface area contributed by atoms with Gasteiger partial charge in [-0.05, 0) is 90.4 Å². The van der Waals surface area contributed by atoms with Crippen LogP contribution in [0.15, 0.2) is 175 Å². The average molecular weight is 1060 g/mol. The lowest BCUT2D eigenvalue weighted by Gasteiger charge is -2.16. The summed E-state index contributed by atoms with van der Waals surface area (Å²) in [5.41, 5.74) is 27.9. The van der Waals surface area contributed by atoms with Crippen LogP contribution in [-0.4, -0.2) is 34.2 Å². The molecule has 0 unspecified atom stereocenters. The van der Waals surface area contributed by atoms with Crippen LogP contribution in [0.25, 0.3) is 22.3 Å². The van der Waals surface area contributed by atoms with E-state index in [1.54, 1.807) is 52.7 Å². The molecular formula is C48H44Br4N4O4. The summed E-state index contributed by atoms with van der Waals surface area (Å²) in [6.07, 6.45) is 20.7. The van der Waals surface area contributed by atoms with Gasteiger partial charge in [0.25, 0.3) is 0 Å². The molecule has 4 aromatic rings. The van der Waals surface area contributed by atoms with Crippen molar-refractivity contribution in [2.45, 2.75) is 6.42 Å². The molecule has 4 aromatic carbocycles. The Labute approximate surface area is 385 Å². The van der Waals surface area contributed by atoms with Crippen LogP contribution >= 0.6 is 63.7 Å². The second-order valence-electron chi connectivity index (χ2n) is 13.0. The largest absolute Gasteiger partial charge is 0.496 e. The van der Waals surface area contributed by atoms with Crippen molar-refractivity contribution in [3.63, 3.8) is 0 Å². The lowest BCUT2D eigenvalue weighted by Crippen LogP contribution is -2.09. The molecule has 308 valence electrons. The summed E-state index contributed by atoms with van der Waals surface area (Å²) in [5.74, 6) is 2.45. The summed E-state index contributed by atoms with van der Waals surface area (Å²) in [4.78, 5) is 0. The minimum Gasteiger partial charge on any atom is -0.496 e. The SMILES string of the molecule is COc1cccc(OC)c1C1=C/C=C\C(=N)/C(c2c(Br)cccc2Br)=C(N)/C=C\C=C(/c2c(OC)cccc2OC)C\C=C/C(N)=C(c2c(Br)cccc2Br)/C(N)=C/C=C1. The first-order valence-electron chi connectivity index (χ1n) is 18.4. The van der Waals surface area contributed by atoms with Crippen LogP contribution in [0.4, 0.5) is 0 Å². The number of nitrogens with one attached hydrogen (secondary N) is 1. The molecule has 0 saturated heterocycles. The zero-order valence-corrected chi connectivity index (χ0v) is 39.7. The molecule has 12 heteroatoms. The molecule has 0 aromatic heterocycles. The van der Waals surface area contributed by atoms with Gasteiger partial charge >= 0.3 is 0 Å². The minimum absolute atomic E-state index is 0.165. The number of hydrogen-bond donors (Lipinski definition) is 4. The van der Waals surface area contributed by atoms with E-state index in [1.165, 1.54) is 0 Å². The van der Waals surface area contributed by atoms with Gasteiger partial charge in [-0.25, -0.2) is 0 Å². The third-order valence-corrected chi connectivity index (χ3v) is 12.0. The van der Waals surface area contributed by atoms with E-state index in [9.17, 15) is 5.41 Å². The molecule has 0 amide bonds. The molecule has 7 N–H and O–H groups in total. The third-order valence-electron chi connectivity index (χ3n) is 9.32. The van der Waals surface area contributed by atoms with Crippen molar-refractivity contribution in [3.05, 3.63) is 197 Å². The van der Waals surface area contributed by atoms with Gasteiger partial charge in [-0.2, -0.15) is 0 Å². The van der Waals surface area contributed by atoms with Gasteiger partial charge in [0.1, 0.15) is 23.0 Å². The van der Waals surface area contributed by atoms with E-state index in [2.05, 4.69) is 63.7 Å². The predicted molar refractivity (Wildman–Crippen MR) is 262 cm³/mol. The van der Waals surface area contributed by atoms with Crippen LogP contribution in [0, 0.1) is 5.41 Å². The first-order valence-corrected chi connectivity index (χ1v) is 21.6. The number of ether oxygens (including phenoxy) is 4. The molecule has 1 aliphatic rings. The van der Waals surface area contributed by atoms with Crippen LogP contribution < -0.4 is 36.1 Å². The lowest BCUT2D eigenvalue weighted by atomic mass is 9.96. The first kappa shape index (κ1) is 45.8. The molecular weight excluding hydrogens is 1020 g/mol. The Morgan fingerprint density at radius 3 is 1.43 bits per heavy atom. The summed E-state index contributed by atoms with van der Waals surface area (Å²) < 4.78 is 26.4. The number of allylic oxidation sites excluding steroid dienone is 15. The maximum absolute atomic E-state index is 9.42. The normalized spacial score (nSPS) is 20.1. The van der Waals surface area contributed by atoms with Gasteiger partial charge in [-0.15, -0.1) is 0 Å². The Kier molecular flexibility index (Phi) is 16.7. The van der Waals surface area contributed by atoms with Gasteiger partial charge in [0.2, 0.25) is 0 Å². The molecule has 0 saturated carbocycles. The van der Waals surface area contributed by atoms with E-state index in [1.807, 2.05) is 115 Å². The molecule has 0 fully saturated rings. The summed E-state index contributed by atoms with van der Waals surface area (Å²) in [5, 5.41) is 9.42. The predicted octanol–water partition coefficient (Wildman–Crippen LogP) is 12.5. The van der Waals surface area contributed by atoms with Crippen LogP contribution in [0.1, 0.15) is 28.7 Å². The Balaban J connectivity index is 1.84. The molecule has 1 aliphatic carbocycles. The zero-order chi connectivity index (χ0) is 43.3. The van der Waals surface area contributed by atoms with Crippen molar-refractivity contribution in [1.82, 2.24) is 0 Å². The van der Waals surface area contributed by atoms with Gasteiger partial charge in [-0.1, -0.05) is 131 Å². The Bertz CT molecular complexity index is 2480. The van der Waals surface area contributed by atoms with Crippen LogP contribution in [0.5, 0.6) is 23.0 Å². The van der Waals surface area contributed by atoms with E-state index < -0.39 is 0 Å². The third kappa shape index (κ3) is 10.7.